The molecule has 0 heterocycles. The lowest BCUT2D eigenvalue weighted by Gasteiger charge is -2.13. The lowest BCUT2D eigenvalue weighted by molar-refractivity contribution is 0.0697. The first-order valence-electron chi connectivity index (χ1n) is 6.18. The molecule has 0 aliphatic heterocycles. The van der Waals surface area contributed by atoms with Crippen LogP contribution in [0.25, 0.3) is 0 Å². The molecule has 1 aliphatic carbocycles. The second-order valence-electron chi connectivity index (χ2n) is 4.96. The highest BCUT2D eigenvalue weighted by atomic mass is 16.4. The normalized spacial score (nSPS) is 16.8. The Morgan fingerprint density at radius 1 is 1.35 bits per heavy atom. The largest absolute Gasteiger partial charge is 0.478 e. The standard InChI is InChI=1S/C14H19NO2/c1-2-14(7-8-14)10-15-9-11-3-5-12(6-4-11)13(16)17/h3-6,15H,2,7-10H2,1H3,(H,16,17). The van der Waals surface area contributed by atoms with E-state index in [9.17, 15) is 4.79 Å². The zero-order chi connectivity index (χ0) is 12.3. The Kier molecular flexibility index (Phi) is 3.48. The van der Waals surface area contributed by atoms with Crippen molar-refractivity contribution in [1.82, 2.24) is 5.32 Å². The molecule has 2 N–H and O–H groups in total. The summed E-state index contributed by atoms with van der Waals surface area (Å²) in [7, 11) is 0. The van der Waals surface area contributed by atoms with Gasteiger partial charge in [-0.2, -0.15) is 0 Å². The number of hydrogen-bond donors (Lipinski definition) is 2. The number of carboxylic acid groups (broad SMARTS) is 1. The second-order valence-corrected chi connectivity index (χ2v) is 4.96. The van der Waals surface area contributed by atoms with Crippen LogP contribution >= 0.6 is 0 Å². The maximum absolute atomic E-state index is 10.7. The summed E-state index contributed by atoms with van der Waals surface area (Å²) in [6.45, 7) is 4.14. The van der Waals surface area contributed by atoms with Crippen LogP contribution in [0.5, 0.6) is 0 Å². The molecule has 0 spiro atoms. The average Bonchev–Trinajstić information content (AvgIpc) is 3.10. The van der Waals surface area contributed by atoms with Crippen LogP contribution in [0.1, 0.15) is 42.1 Å². The van der Waals surface area contributed by atoms with E-state index in [0.29, 0.717) is 11.0 Å². The number of aromatic carboxylic acids is 1. The minimum atomic E-state index is -0.868. The predicted molar refractivity (Wildman–Crippen MR) is 67.1 cm³/mol. The SMILES string of the molecule is CCC1(CNCc2ccc(C(=O)O)cc2)CC1. The first-order chi connectivity index (χ1) is 8.15. The lowest BCUT2D eigenvalue weighted by Crippen LogP contribution is -2.23. The quantitative estimate of drug-likeness (QED) is 0.794. The Balaban J connectivity index is 1.81. The van der Waals surface area contributed by atoms with Gasteiger partial charge in [-0.25, -0.2) is 4.79 Å². The predicted octanol–water partition coefficient (Wildman–Crippen LogP) is 2.66. The summed E-state index contributed by atoms with van der Waals surface area (Å²) in [5.41, 5.74) is 2.05. The monoisotopic (exact) mass is 233 g/mol. The van der Waals surface area contributed by atoms with Crippen molar-refractivity contribution in [2.24, 2.45) is 5.41 Å². The molecule has 92 valence electrons. The molecular formula is C14H19NO2. The third kappa shape index (κ3) is 3.07. The van der Waals surface area contributed by atoms with Crippen molar-refractivity contribution in [2.45, 2.75) is 32.7 Å². The fraction of sp³-hybridized carbons (Fsp3) is 0.500. The van der Waals surface area contributed by atoms with Gasteiger partial charge in [-0.15, -0.1) is 0 Å². The molecule has 0 radical (unpaired) electrons. The van der Waals surface area contributed by atoms with Crippen molar-refractivity contribution in [2.75, 3.05) is 6.54 Å². The molecule has 0 unspecified atom stereocenters. The Morgan fingerprint density at radius 3 is 2.47 bits per heavy atom. The molecule has 17 heavy (non-hydrogen) atoms. The van der Waals surface area contributed by atoms with E-state index >= 15 is 0 Å². The van der Waals surface area contributed by atoms with Gasteiger partial charge in [0.05, 0.1) is 5.56 Å². The van der Waals surface area contributed by atoms with Gasteiger partial charge in [0.25, 0.3) is 0 Å². The van der Waals surface area contributed by atoms with E-state index < -0.39 is 5.97 Å². The van der Waals surface area contributed by atoms with Gasteiger partial charge >= 0.3 is 5.97 Å². The zero-order valence-corrected chi connectivity index (χ0v) is 10.2. The van der Waals surface area contributed by atoms with Crippen molar-refractivity contribution >= 4 is 5.97 Å². The fourth-order valence-electron chi connectivity index (χ4n) is 2.07. The lowest BCUT2D eigenvalue weighted by atomic mass is 10.0. The molecule has 1 fully saturated rings. The zero-order valence-electron chi connectivity index (χ0n) is 10.2. The van der Waals surface area contributed by atoms with Crippen molar-refractivity contribution in [3.05, 3.63) is 35.4 Å². The van der Waals surface area contributed by atoms with E-state index in [4.69, 9.17) is 5.11 Å². The number of rotatable bonds is 6. The first-order valence-corrected chi connectivity index (χ1v) is 6.18. The highest BCUT2D eigenvalue weighted by molar-refractivity contribution is 5.87. The molecule has 0 atom stereocenters. The minimum Gasteiger partial charge on any atom is -0.478 e. The van der Waals surface area contributed by atoms with Crippen LogP contribution in [0.3, 0.4) is 0 Å². The van der Waals surface area contributed by atoms with Gasteiger partial charge < -0.3 is 10.4 Å². The van der Waals surface area contributed by atoms with Crippen LogP contribution in [0.2, 0.25) is 0 Å². The van der Waals surface area contributed by atoms with E-state index in [1.165, 1.54) is 19.3 Å². The first kappa shape index (κ1) is 12.1. The van der Waals surface area contributed by atoms with Gasteiger partial charge in [-0.3, -0.25) is 0 Å². The Bertz CT molecular complexity index is 393. The molecule has 3 heteroatoms. The Labute approximate surface area is 102 Å². The number of nitrogens with one attached hydrogen (secondary N) is 1. The van der Waals surface area contributed by atoms with Crippen LogP contribution in [-0.4, -0.2) is 17.6 Å². The third-order valence-corrected chi connectivity index (χ3v) is 3.74. The maximum atomic E-state index is 10.7. The summed E-state index contributed by atoms with van der Waals surface area (Å²) in [4.78, 5) is 10.7. The molecule has 0 amide bonds. The van der Waals surface area contributed by atoms with Crippen LogP contribution in [0.15, 0.2) is 24.3 Å². The van der Waals surface area contributed by atoms with Crippen molar-refractivity contribution < 1.29 is 9.90 Å². The number of carbonyl (C=O) groups is 1. The van der Waals surface area contributed by atoms with Gasteiger partial charge in [0.1, 0.15) is 0 Å². The minimum absolute atomic E-state index is 0.348. The molecule has 0 saturated heterocycles. The van der Waals surface area contributed by atoms with Crippen molar-refractivity contribution in [3.8, 4) is 0 Å². The Morgan fingerprint density at radius 2 is 2.00 bits per heavy atom. The van der Waals surface area contributed by atoms with Crippen LogP contribution in [0, 0.1) is 5.41 Å². The van der Waals surface area contributed by atoms with Crippen LogP contribution < -0.4 is 5.32 Å². The van der Waals surface area contributed by atoms with E-state index in [-0.39, 0.29) is 0 Å². The molecule has 0 bridgehead atoms. The summed E-state index contributed by atoms with van der Waals surface area (Å²) in [6, 6.07) is 7.07. The van der Waals surface area contributed by atoms with E-state index in [0.717, 1.165) is 18.7 Å². The topological polar surface area (TPSA) is 49.3 Å². The van der Waals surface area contributed by atoms with E-state index in [2.05, 4.69) is 12.2 Å². The highest BCUT2D eigenvalue weighted by Gasteiger charge is 2.39. The summed E-state index contributed by atoms with van der Waals surface area (Å²) < 4.78 is 0. The van der Waals surface area contributed by atoms with Gasteiger partial charge in [0, 0.05) is 13.1 Å². The van der Waals surface area contributed by atoms with E-state index in [1.54, 1.807) is 12.1 Å². The average molecular weight is 233 g/mol. The highest BCUT2D eigenvalue weighted by Crippen LogP contribution is 2.47. The molecule has 0 aromatic heterocycles. The van der Waals surface area contributed by atoms with Gasteiger partial charge in [0.15, 0.2) is 0 Å². The summed E-state index contributed by atoms with van der Waals surface area (Å²) >= 11 is 0. The third-order valence-electron chi connectivity index (χ3n) is 3.74. The second kappa shape index (κ2) is 4.88. The van der Waals surface area contributed by atoms with Gasteiger partial charge in [-0.1, -0.05) is 19.1 Å². The maximum Gasteiger partial charge on any atom is 0.335 e. The number of carboxylic acids is 1. The van der Waals surface area contributed by atoms with Gasteiger partial charge in [-0.05, 0) is 42.4 Å². The summed E-state index contributed by atoms with van der Waals surface area (Å²) in [5, 5.41) is 12.2. The molecule has 2 rings (SSSR count). The summed E-state index contributed by atoms with van der Waals surface area (Å²) in [5.74, 6) is -0.868. The molecule has 1 saturated carbocycles. The van der Waals surface area contributed by atoms with Crippen molar-refractivity contribution in [1.29, 1.82) is 0 Å². The fourth-order valence-corrected chi connectivity index (χ4v) is 2.07. The smallest absolute Gasteiger partial charge is 0.335 e. The van der Waals surface area contributed by atoms with Gasteiger partial charge in [0.2, 0.25) is 0 Å². The van der Waals surface area contributed by atoms with Crippen molar-refractivity contribution in [3.63, 3.8) is 0 Å². The molecule has 1 aliphatic rings. The van der Waals surface area contributed by atoms with Crippen LogP contribution in [-0.2, 0) is 6.54 Å². The van der Waals surface area contributed by atoms with Crippen LogP contribution in [0.4, 0.5) is 0 Å². The Hall–Kier alpha value is -1.35. The summed E-state index contributed by atoms with van der Waals surface area (Å²) in [6.07, 6.45) is 3.93. The molecular weight excluding hydrogens is 214 g/mol. The number of hydrogen-bond acceptors (Lipinski definition) is 2. The van der Waals surface area contributed by atoms with E-state index in [1.807, 2.05) is 12.1 Å². The molecule has 1 aromatic rings. The molecule has 1 aromatic carbocycles. The number of benzene rings is 1. The molecule has 3 nitrogen and oxygen atoms in total.